The van der Waals surface area contributed by atoms with Crippen molar-refractivity contribution < 1.29 is 0 Å². The van der Waals surface area contributed by atoms with Crippen molar-refractivity contribution in [1.82, 2.24) is 4.57 Å². The molecule has 0 aliphatic heterocycles. The zero-order valence-corrected chi connectivity index (χ0v) is 13.0. The summed E-state index contributed by atoms with van der Waals surface area (Å²) in [5.74, 6) is 0. The Hall–Kier alpha value is -0.960. The van der Waals surface area contributed by atoms with Crippen molar-refractivity contribution in [2.75, 3.05) is 0 Å². The first-order valence-electron chi connectivity index (χ1n) is 5.82. The molecular formula is C15H10BrCl2N. The van der Waals surface area contributed by atoms with Gasteiger partial charge in [-0.25, -0.2) is 0 Å². The van der Waals surface area contributed by atoms with Crippen molar-refractivity contribution in [3.05, 3.63) is 68.7 Å². The maximum Gasteiger partial charge on any atom is 0.0491 e. The van der Waals surface area contributed by atoms with Crippen LogP contribution in [0.15, 0.2) is 53.1 Å². The third-order valence-corrected chi connectivity index (χ3v) is 4.18. The van der Waals surface area contributed by atoms with Crippen molar-refractivity contribution >= 4 is 50.0 Å². The van der Waals surface area contributed by atoms with E-state index in [0.29, 0.717) is 11.6 Å². The molecule has 2 aromatic carbocycles. The number of aromatic nitrogens is 1. The highest BCUT2D eigenvalue weighted by molar-refractivity contribution is 9.10. The van der Waals surface area contributed by atoms with Crippen LogP contribution in [0.3, 0.4) is 0 Å². The fraction of sp³-hybridized carbons (Fsp3) is 0.0667. The molecule has 0 atom stereocenters. The molecule has 0 amide bonds. The zero-order valence-electron chi connectivity index (χ0n) is 9.91. The molecule has 4 heteroatoms. The van der Waals surface area contributed by atoms with Crippen molar-refractivity contribution in [2.45, 2.75) is 6.54 Å². The van der Waals surface area contributed by atoms with Gasteiger partial charge in [0.15, 0.2) is 0 Å². The first kappa shape index (κ1) is 13.0. The minimum absolute atomic E-state index is 0.707. The Bertz CT molecular complexity index is 749. The van der Waals surface area contributed by atoms with Crippen LogP contribution >= 0.6 is 39.1 Å². The Morgan fingerprint density at radius 2 is 1.84 bits per heavy atom. The van der Waals surface area contributed by atoms with E-state index in [0.717, 1.165) is 15.1 Å². The second-order valence-corrected chi connectivity index (χ2v) is 6.14. The highest BCUT2D eigenvalue weighted by Crippen LogP contribution is 2.25. The van der Waals surface area contributed by atoms with Crippen LogP contribution in [0.25, 0.3) is 10.9 Å². The van der Waals surface area contributed by atoms with Crippen molar-refractivity contribution in [3.63, 3.8) is 0 Å². The lowest BCUT2D eigenvalue weighted by Gasteiger charge is -2.08. The standard InChI is InChI=1S/C15H10BrCl2N/c16-12-1-4-15-10(7-12)5-6-19(15)9-11-8-13(17)2-3-14(11)18/h1-8H,9H2. The third kappa shape index (κ3) is 2.66. The quantitative estimate of drug-likeness (QED) is 0.551. The van der Waals surface area contributed by atoms with Gasteiger partial charge >= 0.3 is 0 Å². The molecule has 1 nitrogen and oxygen atoms in total. The minimum atomic E-state index is 0.707. The van der Waals surface area contributed by atoms with Crippen LogP contribution in [0, 0.1) is 0 Å². The first-order valence-corrected chi connectivity index (χ1v) is 7.37. The molecule has 0 radical (unpaired) electrons. The first-order chi connectivity index (χ1) is 9.13. The predicted octanol–water partition coefficient (Wildman–Crippen LogP) is 5.76. The van der Waals surface area contributed by atoms with E-state index in [2.05, 4.69) is 44.9 Å². The Labute approximate surface area is 129 Å². The number of benzene rings is 2. The summed E-state index contributed by atoms with van der Waals surface area (Å²) in [6.07, 6.45) is 2.06. The third-order valence-electron chi connectivity index (χ3n) is 3.08. The zero-order chi connectivity index (χ0) is 13.4. The van der Waals surface area contributed by atoms with Gasteiger partial charge in [-0.1, -0.05) is 39.1 Å². The summed E-state index contributed by atoms with van der Waals surface area (Å²) < 4.78 is 3.25. The lowest BCUT2D eigenvalue weighted by Crippen LogP contribution is -1.98. The highest BCUT2D eigenvalue weighted by atomic mass is 79.9. The molecule has 0 saturated carbocycles. The smallest absolute Gasteiger partial charge is 0.0491 e. The molecular weight excluding hydrogens is 345 g/mol. The summed E-state index contributed by atoms with van der Waals surface area (Å²) >= 11 is 15.7. The van der Waals surface area contributed by atoms with Crippen molar-refractivity contribution in [2.24, 2.45) is 0 Å². The molecule has 0 unspecified atom stereocenters. The number of hydrogen-bond acceptors (Lipinski definition) is 0. The molecule has 1 aromatic heterocycles. The van der Waals surface area contributed by atoms with Crippen LogP contribution in [-0.2, 0) is 6.54 Å². The van der Waals surface area contributed by atoms with Crippen LogP contribution in [0.1, 0.15) is 5.56 Å². The molecule has 3 aromatic rings. The molecule has 0 N–H and O–H groups in total. The largest absolute Gasteiger partial charge is 0.343 e. The predicted molar refractivity (Wildman–Crippen MR) is 85.2 cm³/mol. The van der Waals surface area contributed by atoms with E-state index in [4.69, 9.17) is 23.2 Å². The topological polar surface area (TPSA) is 4.93 Å². The fourth-order valence-corrected chi connectivity index (χ4v) is 2.91. The summed E-state index contributed by atoms with van der Waals surface area (Å²) in [7, 11) is 0. The van der Waals surface area contributed by atoms with E-state index < -0.39 is 0 Å². The van der Waals surface area contributed by atoms with Gasteiger partial charge in [0.2, 0.25) is 0 Å². The van der Waals surface area contributed by atoms with Crippen LogP contribution in [0.5, 0.6) is 0 Å². The van der Waals surface area contributed by atoms with E-state index in [1.54, 1.807) is 6.07 Å². The maximum absolute atomic E-state index is 6.21. The molecule has 0 bridgehead atoms. The van der Waals surface area contributed by atoms with Crippen molar-refractivity contribution in [1.29, 1.82) is 0 Å². The van der Waals surface area contributed by atoms with Gasteiger partial charge in [0, 0.05) is 38.2 Å². The highest BCUT2D eigenvalue weighted by Gasteiger charge is 2.06. The number of fused-ring (bicyclic) bond motifs is 1. The molecule has 1 heterocycles. The van der Waals surface area contributed by atoms with Gasteiger partial charge in [0.25, 0.3) is 0 Å². The second-order valence-electron chi connectivity index (χ2n) is 4.38. The van der Waals surface area contributed by atoms with E-state index in [-0.39, 0.29) is 0 Å². The Kier molecular flexibility index (Phi) is 3.57. The SMILES string of the molecule is Clc1ccc(Cl)c(Cn2ccc3cc(Br)ccc32)c1. The fourth-order valence-electron chi connectivity index (χ4n) is 2.16. The summed E-state index contributed by atoms with van der Waals surface area (Å²) in [5.41, 5.74) is 2.20. The maximum atomic E-state index is 6.21. The van der Waals surface area contributed by atoms with Crippen LogP contribution in [0.4, 0.5) is 0 Å². The van der Waals surface area contributed by atoms with Gasteiger partial charge in [-0.2, -0.15) is 0 Å². The van der Waals surface area contributed by atoms with E-state index in [1.165, 1.54) is 10.9 Å². The number of hydrogen-bond donors (Lipinski definition) is 0. The summed E-state index contributed by atoms with van der Waals surface area (Å²) in [5, 5.41) is 2.65. The normalized spacial score (nSPS) is 11.1. The molecule has 19 heavy (non-hydrogen) atoms. The van der Waals surface area contributed by atoms with Gasteiger partial charge in [-0.15, -0.1) is 0 Å². The van der Waals surface area contributed by atoms with Crippen LogP contribution in [0.2, 0.25) is 10.0 Å². The summed E-state index contributed by atoms with van der Waals surface area (Å²) in [6.45, 7) is 0.713. The molecule has 0 aliphatic carbocycles. The Morgan fingerprint density at radius 3 is 2.68 bits per heavy atom. The molecule has 0 saturated heterocycles. The number of nitrogens with zero attached hydrogens (tertiary/aromatic N) is 1. The number of rotatable bonds is 2. The molecule has 0 spiro atoms. The minimum Gasteiger partial charge on any atom is -0.343 e. The molecule has 3 rings (SSSR count). The second kappa shape index (κ2) is 5.20. The molecule has 96 valence electrons. The van der Waals surface area contributed by atoms with Crippen molar-refractivity contribution in [3.8, 4) is 0 Å². The number of halogens is 3. The van der Waals surface area contributed by atoms with Gasteiger partial charge in [-0.05, 0) is 48.0 Å². The van der Waals surface area contributed by atoms with E-state index in [9.17, 15) is 0 Å². The average molecular weight is 355 g/mol. The van der Waals surface area contributed by atoms with Gasteiger partial charge < -0.3 is 4.57 Å². The van der Waals surface area contributed by atoms with Gasteiger partial charge in [-0.3, -0.25) is 0 Å². The summed E-state index contributed by atoms with van der Waals surface area (Å²) in [6, 6.07) is 13.9. The lowest BCUT2D eigenvalue weighted by molar-refractivity contribution is 0.837. The lowest BCUT2D eigenvalue weighted by atomic mass is 10.2. The van der Waals surface area contributed by atoms with Crippen LogP contribution in [-0.4, -0.2) is 4.57 Å². The monoisotopic (exact) mass is 353 g/mol. The average Bonchev–Trinajstić information content (AvgIpc) is 2.76. The van der Waals surface area contributed by atoms with Gasteiger partial charge in [0.05, 0.1) is 0 Å². The molecule has 0 aliphatic rings. The summed E-state index contributed by atoms with van der Waals surface area (Å²) in [4.78, 5) is 0. The Morgan fingerprint density at radius 1 is 1.00 bits per heavy atom. The Balaban J connectivity index is 2.03. The molecule has 0 fully saturated rings. The van der Waals surface area contributed by atoms with E-state index in [1.807, 2.05) is 18.2 Å². The van der Waals surface area contributed by atoms with Crippen LogP contribution < -0.4 is 0 Å². The van der Waals surface area contributed by atoms with Gasteiger partial charge in [0.1, 0.15) is 0 Å². The van der Waals surface area contributed by atoms with E-state index >= 15 is 0 Å².